The summed E-state index contributed by atoms with van der Waals surface area (Å²) < 4.78 is 5.66. The molecule has 0 amide bonds. The van der Waals surface area contributed by atoms with Gasteiger partial charge >= 0.3 is 0 Å². The van der Waals surface area contributed by atoms with Crippen LogP contribution in [0, 0.1) is 11.8 Å². The molecule has 2 heterocycles. The summed E-state index contributed by atoms with van der Waals surface area (Å²) in [6, 6.07) is 9.93. The molecule has 1 saturated heterocycles. The molecule has 0 radical (unpaired) electrons. The molecule has 3 aliphatic rings. The third kappa shape index (κ3) is 1.68. The molecule has 3 nitrogen and oxygen atoms in total. The highest BCUT2D eigenvalue weighted by atomic mass is 32.2. The summed E-state index contributed by atoms with van der Waals surface area (Å²) in [7, 11) is 0. The Hall–Kier alpha value is -1.52. The van der Waals surface area contributed by atoms with Gasteiger partial charge in [-0.2, -0.15) is 0 Å². The number of aliphatic hydroxyl groups excluding tert-OH is 1. The lowest BCUT2D eigenvalue weighted by molar-refractivity contribution is -0.119. The molecule has 4 atom stereocenters. The Balaban J connectivity index is 1.55. The summed E-state index contributed by atoms with van der Waals surface area (Å²) in [5.74, 6) is 0.495. The van der Waals surface area contributed by atoms with Crippen LogP contribution >= 0.6 is 11.8 Å². The molecular weight excluding hydrogens is 272 g/mol. The number of Topliss-reactive ketones (excluding diaryl/α,β-unsaturated/α-hetero) is 1. The normalized spacial score (nSPS) is 34.1. The molecule has 0 aromatic heterocycles. The van der Waals surface area contributed by atoms with Crippen LogP contribution < -0.4 is 0 Å². The Morgan fingerprint density at radius 3 is 2.50 bits per heavy atom. The van der Waals surface area contributed by atoms with E-state index in [1.165, 1.54) is 0 Å². The number of ether oxygens (including phenoxy) is 1. The molecule has 20 heavy (non-hydrogen) atoms. The molecule has 2 bridgehead atoms. The average Bonchev–Trinajstić information content (AvgIpc) is 3.13. The van der Waals surface area contributed by atoms with Crippen molar-refractivity contribution >= 4 is 17.5 Å². The van der Waals surface area contributed by atoms with Crippen LogP contribution in [0.25, 0.3) is 0 Å². The molecule has 0 saturated carbocycles. The minimum absolute atomic E-state index is 0.0628. The van der Waals surface area contributed by atoms with Crippen molar-refractivity contribution in [2.24, 2.45) is 11.8 Å². The fraction of sp³-hybridized carbons (Fsp3) is 0.312. The maximum Gasteiger partial charge on any atom is 0.169 e. The van der Waals surface area contributed by atoms with Gasteiger partial charge in [0.05, 0.1) is 24.0 Å². The number of hydrogen-bond donors (Lipinski definition) is 1. The smallest absolute Gasteiger partial charge is 0.169 e. The van der Waals surface area contributed by atoms with Gasteiger partial charge in [0.1, 0.15) is 5.76 Å². The van der Waals surface area contributed by atoms with E-state index in [9.17, 15) is 9.90 Å². The molecule has 4 rings (SSSR count). The van der Waals surface area contributed by atoms with Gasteiger partial charge in [-0.15, -0.1) is 11.8 Å². The molecule has 4 heteroatoms. The quantitative estimate of drug-likeness (QED) is 0.685. The number of carbonyl (C=O) groups is 1. The maximum absolute atomic E-state index is 12.5. The largest absolute Gasteiger partial charge is 0.511 e. The van der Waals surface area contributed by atoms with Gasteiger partial charge in [0, 0.05) is 16.2 Å². The van der Waals surface area contributed by atoms with Crippen molar-refractivity contribution in [2.45, 2.75) is 17.1 Å². The zero-order valence-corrected chi connectivity index (χ0v) is 11.5. The highest BCUT2D eigenvalue weighted by Crippen LogP contribution is 2.49. The predicted molar refractivity (Wildman–Crippen MR) is 76.6 cm³/mol. The summed E-state index contributed by atoms with van der Waals surface area (Å²) in [6.07, 6.45) is 3.65. The van der Waals surface area contributed by atoms with Crippen molar-refractivity contribution in [3.63, 3.8) is 0 Å². The minimum atomic E-state index is -0.198. The molecule has 0 spiro atoms. The molecule has 1 aromatic carbocycles. The second kappa shape index (κ2) is 4.50. The molecular formula is C16H14O3S. The molecule has 1 fully saturated rings. The van der Waals surface area contributed by atoms with E-state index in [4.69, 9.17) is 4.74 Å². The number of ketones is 1. The van der Waals surface area contributed by atoms with E-state index < -0.39 is 0 Å². The average molecular weight is 286 g/mol. The summed E-state index contributed by atoms with van der Waals surface area (Å²) in [5.41, 5.74) is 0.579. The second-order valence-electron chi connectivity index (χ2n) is 5.33. The standard InChI is InChI=1S/C16H14O3S/c17-15-10(8-20-9-4-2-1-3-5-9)16(18)14-12-7-6-11(19-12)13(14)15/h1-7,11-14,17H,8H2/t11-,12+,13-,14+/m1/s1. The van der Waals surface area contributed by atoms with Gasteiger partial charge in [-0.3, -0.25) is 4.79 Å². The number of thioether (sulfide) groups is 1. The predicted octanol–water partition coefficient (Wildman–Crippen LogP) is 2.74. The van der Waals surface area contributed by atoms with Crippen LogP contribution in [0.3, 0.4) is 0 Å². The van der Waals surface area contributed by atoms with E-state index in [2.05, 4.69) is 0 Å². The van der Waals surface area contributed by atoms with Gasteiger partial charge in [-0.05, 0) is 12.1 Å². The summed E-state index contributed by atoms with van der Waals surface area (Å²) in [5, 5.41) is 10.4. The van der Waals surface area contributed by atoms with Crippen LogP contribution in [0.2, 0.25) is 0 Å². The van der Waals surface area contributed by atoms with E-state index in [0.717, 1.165) is 4.90 Å². The number of fused-ring (bicyclic) bond motifs is 5. The first-order valence-electron chi connectivity index (χ1n) is 6.73. The summed E-state index contributed by atoms with van der Waals surface area (Å²) in [6.45, 7) is 0. The molecule has 0 unspecified atom stereocenters. The van der Waals surface area contributed by atoms with Crippen molar-refractivity contribution in [3.05, 3.63) is 53.8 Å². The number of benzene rings is 1. The Kier molecular flexibility index (Phi) is 2.75. The van der Waals surface area contributed by atoms with Gasteiger partial charge in [0.15, 0.2) is 5.78 Å². The summed E-state index contributed by atoms with van der Waals surface area (Å²) in [4.78, 5) is 13.6. The zero-order chi connectivity index (χ0) is 13.7. The van der Waals surface area contributed by atoms with Crippen molar-refractivity contribution in [1.82, 2.24) is 0 Å². The Morgan fingerprint density at radius 2 is 1.80 bits per heavy atom. The molecule has 2 aliphatic heterocycles. The van der Waals surface area contributed by atoms with Crippen LogP contribution in [-0.2, 0) is 9.53 Å². The van der Waals surface area contributed by atoms with Gasteiger partial charge < -0.3 is 9.84 Å². The first-order chi connectivity index (χ1) is 9.75. The van der Waals surface area contributed by atoms with Gasteiger partial charge in [0.25, 0.3) is 0 Å². The van der Waals surface area contributed by atoms with Crippen molar-refractivity contribution in [3.8, 4) is 0 Å². The van der Waals surface area contributed by atoms with Crippen LogP contribution in [0.4, 0.5) is 0 Å². The van der Waals surface area contributed by atoms with E-state index in [1.54, 1.807) is 11.8 Å². The first kappa shape index (κ1) is 12.2. The molecule has 1 aromatic rings. The monoisotopic (exact) mass is 286 g/mol. The third-order valence-corrected chi connectivity index (χ3v) is 5.29. The molecule has 1 aliphatic carbocycles. The van der Waals surface area contributed by atoms with Gasteiger partial charge in [-0.25, -0.2) is 0 Å². The number of rotatable bonds is 3. The SMILES string of the molecule is O=C1C(CSc2ccccc2)=C(O)[C@H]2[C@@H]1[C@@H]1C=C[C@H]2O1. The van der Waals surface area contributed by atoms with Crippen molar-refractivity contribution in [2.75, 3.05) is 5.75 Å². The summed E-state index contributed by atoms with van der Waals surface area (Å²) >= 11 is 1.59. The Labute approximate surface area is 121 Å². The first-order valence-corrected chi connectivity index (χ1v) is 7.72. The van der Waals surface area contributed by atoms with E-state index in [1.807, 2.05) is 42.5 Å². The highest BCUT2D eigenvalue weighted by molar-refractivity contribution is 7.99. The van der Waals surface area contributed by atoms with E-state index in [-0.39, 0.29) is 35.6 Å². The molecule has 1 N–H and O–H groups in total. The van der Waals surface area contributed by atoms with Crippen molar-refractivity contribution < 1.29 is 14.6 Å². The second-order valence-corrected chi connectivity index (χ2v) is 6.38. The Bertz CT molecular complexity index is 620. The lowest BCUT2D eigenvalue weighted by atomic mass is 9.84. The minimum Gasteiger partial charge on any atom is -0.511 e. The lowest BCUT2D eigenvalue weighted by Crippen LogP contribution is -2.26. The van der Waals surface area contributed by atoms with Crippen LogP contribution in [0.5, 0.6) is 0 Å². The molecule has 102 valence electrons. The van der Waals surface area contributed by atoms with Crippen LogP contribution in [0.15, 0.2) is 58.7 Å². The Morgan fingerprint density at radius 1 is 1.10 bits per heavy atom. The van der Waals surface area contributed by atoms with Gasteiger partial charge in [0.2, 0.25) is 0 Å². The topological polar surface area (TPSA) is 46.5 Å². The maximum atomic E-state index is 12.5. The van der Waals surface area contributed by atoms with Crippen LogP contribution in [0.1, 0.15) is 0 Å². The number of hydrogen-bond acceptors (Lipinski definition) is 4. The van der Waals surface area contributed by atoms with Crippen molar-refractivity contribution in [1.29, 1.82) is 0 Å². The number of aliphatic hydroxyl groups is 1. The third-order valence-electron chi connectivity index (χ3n) is 4.25. The zero-order valence-electron chi connectivity index (χ0n) is 10.7. The van der Waals surface area contributed by atoms with Gasteiger partial charge in [-0.1, -0.05) is 30.4 Å². The lowest BCUT2D eigenvalue weighted by Gasteiger charge is -2.15. The van der Waals surface area contributed by atoms with E-state index in [0.29, 0.717) is 11.3 Å². The van der Waals surface area contributed by atoms with E-state index >= 15 is 0 Å². The fourth-order valence-corrected chi connectivity index (χ4v) is 4.24. The van der Waals surface area contributed by atoms with Crippen LogP contribution in [-0.4, -0.2) is 28.9 Å². The fourth-order valence-electron chi connectivity index (χ4n) is 3.29. The highest BCUT2D eigenvalue weighted by Gasteiger charge is 2.56. The number of carbonyl (C=O) groups excluding carboxylic acids is 1.